The summed E-state index contributed by atoms with van der Waals surface area (Å²) in [7, 11) is 0. The maximum absolute atomic E-state index is 13.3. The number of piperazine rings is 1. The molecule has 1 aromatic rings. The standard InChI is InChI=1S/C28H46N4O4/c1-4-15-30-19-21-31(22-20-30)18-10-23-36-26(33)14-13-25(28(35)32(16-5-2)17-6-3)29-27(34)24-11-8-7-9-12-24/h7-9,11-12,25H,4-6,10,13-23H2,1-3H3,(H,29,34). The third-order valence-corrected chi connectivity index (χ3v) is 6.46. The molecule has 2 amide bonds. The molecule has 1 atom stereocenters. The van der Waals surface area contributed by atoms with E-state index in [4.69, 9.17) is 4.74 Å². The van der Waals surface area contributed by atoms with Gasteiger partial charge in [-0.05, 0) is 50.8 Å². The summed E-state index contributed by atoms with van der Waals surface area (Å²) in [5.41, 5.74) is 0.492. The van der Waals surface area contributed by atoms with Gasteiger partial charge in [0.05, 0.1) is 6.61 Å². The molecular weight excluding hydrogens is 456 g/mol. The molecule has 8 nitrogen and oxygen atoms in total. The molecule has 1 heterocycles. The van der Waals surface area contributed by atoms with Crippen LogP contribution in [0.15, 0.2) is 30.3 Å². The highest BCUT2D eigenvalue weighted by Crippen LogP contribution is 2.09. The Kier molecular flexibility index (Phi) is 14.1. The first-order valence-electron chi connectivity index (χ1n) is 13.7. The second-order valence-corrected chi connectivity index (χ2v) is 9.51. The predicted molar refractivity (Wildman–Crippen MR) is 143 cm³/mol. The van der Waals surface area contributed by atoms with Gasteiger partial charge in [-0.15, -0.1) is 0 Å². The Morgan fingerprint density at radius 3 is 2.11 bits per heavy atom. The van der Waals surface area contributed by atoms with Crippen LogP contribution in [0.5, 0.6) is 0 Å². The molecule has 0 radical (unpaired) electrons. The minimum Gasteiger partial charge on any atom is -0.466 e. The molecule has 36 heavy (non-hydrogen) atoms. The number of carbonyl (C=O) groups is 3. The van der Waals surface area contributed by atoms with Crippen molar-refractivity contribution in [2.75, 3.05) is 59.0 Å². The van der Waals surface area contributed by atoms with Crippen LogP contribution in [0.1, 0.15) is 69.7 Å². The number of hydrogen-bond donors (Lipinski definition) is 1. The number of rotatable bonds is 16. The normalized spacial score (nSPS) is 15.3. The van der Waals surface area contributed by atoms with E-state index in [1.54, 1.807) is 29.2 Å². The average Bonchev–Trinajstić information content (AvgIpc) is 2.90. The highest BCUT2D eigenvalue weighted by molar-refractivity contribution is 5.97. The summed E-state index contributed by atoms with van der Waals surface area (Å²) < 4.78 is 5.45. The van der Waals surface area contributed by atoms with Crippen molar-refractivity contribution in [3.8, 4) is 0 Å². The second kappa shape index (κ2) is 17.1. The van der Waals surface area contributed by atoms with Crippen LogP contribution in [0.2, 0.25) is 0 Å². The third kappa shape index (κ3) is 10.7. The molecule has 1 N–H and O–H groups in total. The monoisotopic (exact) mass is 502 g/mol. The zero-order valence-corrected chi connectivity index (χ0v) is 22.5. The molecule has 1 aromatic carbocycles. The van der Waals surface area contributed by atoms with E-state index in [9.17, 15) is 14.4 Å². The third-order valence-electron chi connectivity index (χ3n) is 6.46. The number of esters is 1. The quantitative estimate of drug-likeness (QED) is 0.276. The summed E-state index contributed by atoms with van der Waals surface area (Å²) in [4.78, 5) is 45.1. The zero-order chi connectivity index (χ0) is 26.2. The molecule has 2 rings (SSSR count). The molecule has 0 aliphatic carbocycles. The number of carbonyl (C=O) groups excluding carboxylic acids is 3. The molecule has 0 bridgehead atoms. The van der Waals surface area contributed by atoms with E-state index in [1.165, 1.54) is 6.42 Å². The van der Waals surface area contributed by atoms with E-state index in [0.717, 1.165) is 58.5 Å². The van der Waals surface area contributed by atoms with Crippen LogP contribution in [0.4, 0.5) is 0 Å². The summed E-state index contributed by atoms with van der Waals surface area (Å²) in [5, 5.41) is 2.86. The summed E-state index contributed by atoms with van der Waals surface area (Å²) in [6, 6.07) is 8.08. The first-order valence-corrected chi connectivity index (χ1v) is 13.7. The second-order valence-electron chi connectivity index (χ2n) is 9.51. The van der Waals surface area contributed by atoms with Crippen molar-refractivity contribution in [3.05, 3.63) is 35.9 Å². The predicted octanol–water partition coefficient (Wildman–Crippen LogP) is 3.17. The van der Waals surface area contributed by atoms with Crippen LogP contribution >= 0.6 is 0 Å². The number of nitrogens with zero attached hydrogens (tertiary/aromatic N) is 3. The number of hydrogen-bond acceptors (Lipinski definition) is 6. The molecule has 1 aliphatic heterocycles. The highest BCUT2D eigenvalue weighted by atomic mass is 16.5. The Balaban J connectivity index is 1.82. The largest absolute Gasteiger partial charge is 0.466 e. The van der Waals surface area contributed by atoms with E-state index in [0.29, 0.717) is 25.3 Å². The van der Waals surface area contributed by atoms with Gasteiger partial charge in [0.2, 0.25) is 5.91 Å². The fourth-order valence-electron chi connectivity index (χ4n) is 4.54. The molecule has 1 fully saturated rings. The van der Waals surface area contributed by atoms with E-state index in [-0.39, 0.29) is 30.6 Å². The van der Waals surface area contributed by atoms with Gasteiger partial charge in [0.15, 0.2) is 0 Å². The molecule has 202 valence electrons. The molecule has 0 saturated carbocycles. The van der Waals surface area contributed by atoms with Crippen LogP contribution in [-0.4, -0.2) is 97.5 Å². The topological polar surface area (TPSA) is 82.2 Å². The van der Waals surface area contributed by atoms with Gasteiger partial charge in [0.25, 0.3) is 5.91 Å². The fraction of sp³-hybridized carbons (Fsp3) is 0.679. The van der Waals surface area contributed by atoms with Crippen LogP contribution < -0.4 is 5.32 Å². The Morgan fingerprint density at radius 1 is 0.917 bits per heavy atom. The van der Waals surface area contributed by atoms with Crippen molar-refractivity contribution in [1.29, 1.82) is 0 Å². The van der Waals surface area contributed by atoms with Crippen molar-refractivity contribution >= 4 is 17.8 Å². The molecule has 0 aromatic heterocycles. The first-order chi connectivity index (χ1) is 17.5. The van der Waals surface area contributed by atoms with Crippen molar-refractivity contribution in [2.45, 2.75) is 65.3 Å². The fourth-order valence-corrected chi connectivity index (χ4v) is 4.54. The van der Waals surface area contributed by atoms with Crippen molar-refractivity contribution in [3.63, 3.8) is 0 Å². The summed E-state index contributed by atoms with van der Waals surface area (Å²) in [6.45, 7) is 14.3. The van der Waals surface area contributed by atoms with Gasteiger partial charge in [0, 0.05) is 57.8 Å². The van der Waals surface area contributed by atoms with E-state index in [1.807, 2.05) is 19.9 Å². The highest BCUT2D eigenvalue weighted by Gasteiger charge is 2.26. The average molecular weight is 503 g/mol. The smallest absolute Gasteiger partial charge is 0.305 e. The lowest BCUT2D eigenvalue weighted by molar-refractivity contribution is -0.144. The molecular formula is C28H46N4O4. The number of amides is 2. The summed E-state index contributed by atoms with van der Waals surface area (Å²) in [5.74, 6) is -0.778. The maximum atomic E-state index is 13.3. The lowest BCUT2D eigenvalue weighted by atomic mass is 10.1. The lowest BCUT2D eigenvalue weighted by Crippen LogP contribution is -2.49. The van der Waals surface area contributed by atoms with Crippen molar-refractivity contribution in [2.24, 2.45) is 0 Å². The van der Waals surface area contributed by atoms with Crippen LogP contribution in [0.3, 0.4) is 0 Å². The van der Waals surface area contributed by atoms with Crippen molar-refractivity contribution in [1.82, 2.24) is 20.0 Å². The minimum atomic E-state index is -0.761. The first kappa shape index (κ1) is 29.8. The number of benzene rings is 1. The lowest BCUT2D eigenvalue weighted by Gasteiger charge is -2.34. The Bertz CT molecular complexity index is 775. The van der Waals surface area contributed by atoms with Gasteiger partial charge in [-0.1, -0.05) is 39.0 Å². The summed E-state index contributed by atoms with van der Waals surface area (Å²) in [6.07, 6.45) is 3.97. The van der Waals surface area contributed by atoms with Crippen LogP contribution in [0, 0.1) is 0 Å². The SMILES string of the molecule is CCCN1CCN(CCCOC(=O)CCC(NC(=O)c2ccccc2)C(=O)N(CCC)CCC)CC1. The maximum Gasteiger partial charge on any atom is 0.305 e. The molecule has 1 aliphatic rings. The van der Waals surface area contributed by atoms with E-state index >= 15 is 0 Å². The van der Waals surface area contributed by atoms with Crippen molar-refractivity contribution < 1.29 is 19.1 Å². The molecule has 8 heteroatoms. The minimum absolute atomic E-state index is 0.0905. The summed E-state index contributed by atoms with van der Waals surface area (Å²) >= 11 is 0. The molecule has 1 saturated heterocycles. The van der Waals surface area contributed by atoms with Gasteiger partial charge < -0.3 is 24.8 Å². The Hall–Kier alpha value is -2.45. The van der Waals surface area contributed by atoms with E-state index < -0.39 is 6.04 Å². The molecule has 1 unspecified atom stereocenters. The van der Waals surface area contributed by atoms with Gasteiger partial charge in [0.1, 0.15) is 6.04 Å². The number of nitrogens with one attached hydrogen (secondary N) is 1. The van der Waals surface area contributed by atoms with Crippen LogP contribution in [-0.2, 0) is 14.3 Å². The van der Waals surface area contributed by atoms with Gasteiger partial charge in [-0.25, -0.2) is 0 Å². The molecule has 0 spiro atoms. The van der Waals surface area contributed by atoms with Gasteiger partial charge in [-0.3, -0.25) is 14.4 Å². The van der Waals surface area contributed by atoms with Gasteiger partial charge in [-0.2, -0.15) is 0 Å². The van der Waals surface area contributed by atoms with E-state index in [2.05, 4.69) is 22.0 Å². The van der Waals surface area contributed by atoms with Gasteiger partial charge >= 0.3 is 5.97 Å². The zero-order valence-electron chi connectivity index (χ0n) is 22.5. The van der Waals surface area contributed by atoms with Crippen LogP contribution in [0.25, 0.3) is 0 Å². The Morgan fingerprint density at radius 2 is 1.53 bits per heavy atom. The number of ether oxygens (including phenoxy) is 1. The Labute approximate surface area is 217 Å².